The number of hydrogen-bond acceptors (Lipinski definition) is 4. The zero-order valence-electron chi connectivity index (χ0n) is 13.4. The first-order valence-corrected chi connectivity index (χ1v) is 9.15. The fraction of sp³-hybridized carbons (Fsp3) is 0.438. The summed E-state index contributed by atoms with van der Waals surface area (Å²) < 4.78 is 28.5. The minimum absolute atomic E-state index is 0.175. The monoisotopic (exact) mass is 334 g/mol. The van der Waals surface area contributed by atoms with Gasteiger partial charge in [0.05, 0.1) is 5.52 Å². The summed E-state index contributed by atoms with van der Waals surface area (Å²) in [7, 11) is -1.82. The van der Waals surface area contributed by atoms with Crippen LogP contribution in [0.2, 0.25) is 0 Å². The van der Waals surface area contributed by atoms with Gasteiger partial charge in [-0.05, 0) is 24.6 Å². The molecule has 0 amide bonds. The number of fused-ring (bicyclic) bond motifs is 1. The molecule has 3 rings (SSSR count). The quantitative estimate of drug-likeness (QED) is 0.913. The van der Waals surface area contributed by atoms with Gasteiger partial charge in [-0.25, -0.2) is 0 Å². The summed E-state index contributed by atoms with van der Waals surface area (Å²) in [5, 5.41) is 4.26. The lowest BCUT2D eigenvalue weighted by Crippen LogP contribution is -2.54. The minimum Gasteiger partial charge on any atom is -0.312 e. The molecule has 1 saturated heterocycles. The van der Waals surface area contributed by atoms with Gasteiger partial charge >= 0.3 is 0 Å². The van der Waals surface area contributed by atoms with Gasteiger partial charge in [-0.1, -0.05) is 18.2 Å². The Morgan fingerprint density at radius 2 is 2.17 bits per heavy atom. The van der Waals surface area contributed by atoms with E-state index in [0.717, 1.165) is 16.5 Å². The van der Waals surface area contributed by atoms with Gasteiger partial charge < -0.3 is 5.32 Å². The van der Waals surface area contributed by atoms with Crippen LogP contribution in [0.3, 0.4) is 0 Å². The first kappa shape index (κ1) is 16.3. The second-order valence-electron chi connectivity index (χ2n) is 5.96. The van der Waals surface area contributed by atoms with Crippen LogP contribution in [0.1, 0.15) is 12.5 Å². The van der Waals surface area contributed by atoms with Crippen molar-refractivity contribution in [2.75, 3.05) is 26.7 Å². The number of piperazine rings is 1. The molecular weight excluding hydrogens is 312 g/mol. The molecule has 1 N–H and O–H groups in total. The maximum Gasteiger partial charge on any atom is 0.282 e. The highest BCUT2D eigenvalue weighted by molar-refractivity contribution is 7.86. The number of pyridine rings is 1. The maximum absolute atomic E-state index is 12.8. The minimum atomic E-state index is -3.46. The average molecular weight is 334 g/mol. The zero-order chi connectivity index (χ0) is 16.4. The van der Waals surface area contributed by atoms with Crippen LogP contribution in [-0.4, -0.2) is 54.7 Å². The van der Waals surface area contributed by atoms with Crippen LogP contribution in [0.15, 0.2) is 36.5 Å². The molecule has 2 aromatic rings. The molecule has 2 heterocycles. The van der Waals surface area contributed by atoms with E-state index in [-0.39, 0.29) is 6.04 Å². The van der Waals surface area contributed by atoms with Gasteiger partial charge in [-0.2, -0.15) is 17.0 Å². The third-order valence-corrected chi connectivity index (χ3v) is 6.08. The largest absolute Gasteiger partial charge is 0.312 e. The molecule has 0 bridgehead atoms. The topological polar surface area (TPSA) is 65.5 Å². The molecule has 124 valence electrons. The van der Waals surface area contributed by atoms with E-state index in [9.17, 15) is 8.42 Å². The first-order chi connectivity index (χ1) is 11.0. The van der Waals surface area contributed by atoms with Gasteiger partial charge in [0.1, 0.15) is 0 Å². The summed E-state index contributed by atoms with van der Waals surface area (Å²) >= 11 is 0. The Labute approximate surface area is 137 Å². The van der Waals surface area contributed by atoms with Crippen LogP contribution in [-0.2, 0) is 16.8 Å². The molecule has 6 nitrogen and oxygen atoms in total. The van der Waals surface area contributed by atoms with E-state index in [1.807, 2.05) is 37.3 Å². The molecule has 0 saturated carbocycles. The van der Waals surface area contributed by atoms with Gasteiger partial charge in [0.15, 0.2) is 0 Å². The fourth-order valence-electron chi connectivity index (χ4n) is 2.93. The van der Waals surface area contributed by atoms with Crippen molar-refractivity contribution in [1.29, 1.82) is 0 Å². The summed E-state index contributed by atoms with van der Waals surface area (Å²) in [5.74, 6) is 0. The van der Waals surface area contributed by atoms with Crippen molar-refractivity contribution in [2.24, 2.45) is 0 Å². The lowest BCUT2D eigenvalue weighted by Gasteiger charge is -2.33. The number of aromatic nitrogens is 1. The Morgan fingerprint density at radius 3 is 2.96 bits per heavy atom. The highest BCUT2D eigenvalue weighted by Crippen LogP contribution is 2.20. The summed E-state index contributed by atoms with van der Waals surface area (Å²) in [6.45, 7) is 4.03. The molecule has 0 radical (unpaired) electrons. The normalized spacial score (nSPS) is 20.2. The predicted molar refractivity (Wildman–Crippen MR) is 91.2 cm³/mol. The first-order valence-electron chi connectivity index (χ1n) is 7.76. The molecular formula is C16H22N4O2S. The zero-order valence-corrected chi connectivity index (χ0v) is 14.3. The Morgan fingerprint density at radius 1 is 1.35 bits per heavy atom. The van der Waals surface area contributed by atoms with Gasteiger partial charge in [0.25, 0.3) is 10.2 Å². The van der Waals surface area contributed by atoms with Crippen LogP contribution in [0.25, 0.3) is 10.9 Å². The molecule has 1 unspecified atom stereocenters. The molecule has 23 heavy (non-hydrogen) atoms. The van der Waals surface area contributed by atoms with E-state index in [2.05, 4.69) is 10.3 Å². The van der Waals surface area contributed by atoms with E-state index < -0.39 is 10.2 Å². The molecule has 1 fully saturated rings. The van der Waals surface area contributed by atoms with Crippen LogP contribution >= 0.6 is 0 Å². The Kier molecular flexibility index (Phi) is 4.63. The molecule has 1 aliphatic heterocycles. The molecule has 7 heteroatoms. The van der Waals surface area contributed by atoms with Crippen LogP contribution in [0.5, 0.6) is 0 Å². The maximum atomic E-state index is 12.8. The number of nitrogens with one attached hydrogen (secondary N) is 1. The van der Waals surface area contributed by atoms with Crippen molar-refractivity contribution >= 4 is 21.1 Å². The van der Waals surface area contributed by atoms with Crippen LogP contribution in [0, 0.1) is 0 Å². The second kappa shape index (κ2) is 6.52. The van der Waals surface area contributed by atoms with E-state index in [0.29, 0.717) is 26.2 Å². The van der Waals surface area contributed by atoms with Gasteiger partial charge in [0.2, 0.25) is 0 Å². The Balaban J connectivity index is 1.84. The third-order valence-electron chi connectivity index (χ3n) is 4.18. The highest BCUT2D eigenvalue weighted by atomic mass is 32.2. The number of rotatable bonds is 4. The molecule has 1 atom stereocenters. The van der Waals surface area contributed by atoms with Crippen molar-refractivity contribution in [3.8, 4) is 0 Å². The standard InChI is InChI=1S/C16H22N4O2S/c1-13-11-20(10-9-17-13)23(21,22)19(2)12-14-5-3-7-16-15(14)6-4-8-18-16/h3-8,13,17H,9-12H2,1-2H3. The van der Waals surface area contributed by atoms with Crippen LogP contribution < -0.4 is 5.32 Å². The third kappa shape index (κ3) is 3.37. The molecule has 1 aliphatic rings. The van der Waals surface area contributed by atoms with E-state index >= 15 is 0 Å². The SMILES string of the molecule is CC1CN(S(=O)(=O)N(C)Cc2cccc3ncccc23)CCN1. The van der Waals surface area contributed by atoms with Crippen molar-refractivity contribution in [2.45, 2.75) is 19.5 Å². The second-order valence-corrected chi connectivity index (χ2v) is 8.00. The van der Waals surface area contributed by atoms with Crippen molar-refractivity contribution in [3.05, 3.63) is 42.1 Å². The summed E-state index contributed by atoms with van der Waals surface area (Å²) in [4.78, 5) is 4.32. The summed E-state index contributed by atoms with van der Waals surface area (Å²) in [6, 6.07) is 9.83. The number of nitrogens with zero attached hydrogens (tertiary/aromatic N) is 3. The molecule has 1 aromatic carbocycles. The lowest BCUT2D eigenvalue weighted by molar-refractivity contribution is 0.287. The smallest absolute Gasteiger partial charge is 0.282 e. The molecule has 0 aliphatic carbocycles. The predicted octanol–water partition coefficient (Wildman–Crippen LogP) is 1.21. The number of hydrogen-bond donors (Lipinski definition) is 1. The summed E-state index contributed by atoms with van der Waals surface area (Å²) in [6.07, 6.45) is 1.74. The molecule has 0 spiro atoms. The average Bonchev–Trinajstić information content (AvgIpc) is 2.55. The van der Waals surface area contributed by atoms with Gasteiger partial charge in [-0.15, -0.1) is 0 Å². The van der Waals surface area contributed by atoms with Crippen molar-refractivity contribution in [1.82, 2.24) is 18.9 Å². The van der Waals surface area contributed by atoms with Crippen LogP contribution in [0.4, 0.5) is 0 Å². The number of benzene rings is 1. The van der Waals surface area contributed by atoms with Crippen molar-refractivity contribution in [3.63, 3.8) is 0 Å². The Bertz CT molecular complexity index is 788. The highest BCUT2D eigenvalue weighted by Gasteiger charge is 2.30. The summed E-state index contributed by atoms with van der Waals surface area (Å²) in [5.41, 5.74) is 1.84. The fourth-order valence-corrected chi connectivity index (χ4v) is 4.36. The van der Waals surface area contributed by atoms with Gasteiger partial charge in [0, 0.05) is 50.9 Å². The van der Waals surface area contributed by atoms with Gasteiger partial charge in [-0.3, -0.25) is 4.98 Å². The van der Waals surface area contributed by atoms with E-state index in [1.54, 1.807) is 17.5 Å². The molecule has 1 aromatic heterocycles. The van der Waals surface area contributed by atoms with Crippen molar-refractivity contribution < 1.29 is 8.42 Å². The lowest BCUT2D eigenvalue weighted by atomic mass is 10.1. The Hall–Kier alpha value is -1.54. The van der Waals surface area contributed by atoms with E-state index in [4.69, 9.17) is 0 Å². The van der Waals surface area contributed by atoms with E-state index in [1.165, 1.54) is 4.31 Å².